The van der Waals surface area contributed by atoms with Crippen LogP contribution in [0.3, 0.4) is 0 Å². The van der Waals surface area contributed by atoms with E-state index in [0.717, 1.165) is 41.8 Å². The minimum absolute atomic E-state index is 0.616. The summed E-state index contributed by atoms with van der Waals surface area (Å²) in [6, 6.07) is 5.85. The van der Waals surface area contributed by atoms with E-state index < -0.39 is 0 Å². The molecule has 0 atom stereocenters. The molecule has 0 unspecified atom stereocenters. The first-order valence-electron chi connectivity index (χ1n) is 6.53. The second-order valence-corrected chi connectivity index (χ2v) is 5.05. The maximum absolute atomic E-state index is 6.11. The number of aromatic nitrogens is 1. The Morgan fingerprint density at radius 1 is 1.11 bits per heavy atom. The highest BCUT2D eigenvalue weighted by atomic mass is 35.5. The van der Waals surface area contributed by atoms with Crippen LogP contribution in [-0.2, 0) is 12.8 Å². The Hall–Kier alpha value is -1.28. The van der Waals surface area contributed by atoms with E-state index in [2.05, 4.69) is 18.8 Å². The lowest BCUT2D eigenvalue weighted by Gasteiger charge is -2.13. The number of aryl methyl sites for hydroxylation is 2. The highest BCUT2D eigenvalue weighted by Gasteiger charge is 2.11. The monoisotopic (exact) mass is 262 g/mol. The Bertz CT molecular complexity index is 564. The van der Waals surface area contributed by atoms with Crippen molar-refractivity contribution in [2.45, 2.75) is 39.5 Å². The number of nitrogens with zero attached hydrogens (tertiary/aromatic N) is 1. The van der Waals surface area contributed by atoms with E-state index in [1.807, 2.05) is 18.2 Å². The van der Waals surface area contributed by atoms with Crippen molar-refractivity contribution < 1.29 is 0 Å². The van der Waals surface area contributed by atoms with Gasteiger partial charge in [-0.05, 0) is 42.0 Å². The zero-order valence-corrected chi connectivity index (χ0v) is 11.7. The number of anilines is 1. The molecule has 0 aliphatic carbocycles. The average Bonchev–Trinajstić information content (AvgIpc) is 2.34. The van der Waals surface area contributed by atoms with Crippen molar-refractivity contribution in [1.82, 2.24) is 4.98 Å². The van der Waals surface area contributed by atoms with Crippen LogP contribution in [0.5, 0.6) is 0 Å². The van der Waals surface area contributed by atoms with Crippen LogP contribution in [0, 0.1) is 0 Å². The van der Waals surface area contributed by atoms with E-state index >= 15 is 0 Å². The van der Waals surface area contributed by atoms with Gasteiger partial charge in [0, 0.05) is 16.1 Å². The van der Waals surface area contributed by atoms with E-state index in [4.69, 9.17) is 17.3 Å². The lowest BCUT2D eigenvalue weighted by molar-refractivity contribution is 0.838. The van der Waals surface area contributed by atoms with Crippen molar-refractivity contribution in [2.75, 3.05) is 5.73 Å². The maximum atomic E-state index is 6.11. The standard InChI is InChI=1S/C15H19ClN2/c1-3-5-11-13-9-10(16)7-8-12(13)15(17)18-14(11)6-4-2/h7-9H,3-6H2,1-2H3,(H2,17,18). The van der Waals surface area contributed by atoms with Crippen LogP contribution >= 0.6 is 11.6 Å². The van der Waals surface area contributed by atoms with Gasteiger partial charge in [0.1, 0.15) is 5.82 Å². The molecule has 2 nitrogen and oxygen atoms in total. The molecule has 1 heterocycles. The van der Waals surface area contributed by atoms with E-state index in [-0.39, 0.29) is 0 Å². The van der Waals surface area contributed by atoms with Gasteiger partial charge in [-0.2, -0.15) is 0 Å². The first-order valence-corrected chi connectivity index (χ1v) is 6.91. The highest BCUT2D eigenvalue weighted by Crippen LogP contribution is 2.29. The molecule has 0 saturated carbocycles. The van der Waals surface area contributed by atoms with Crippen molar-refractivity contribution in [3.05, 3.63) is 34.5 Å². The zero-order valence-electron chi connectivity index (χ0n) is 11.0. The third-order valence-corrected chi connectivity index (χ3v) is 3.41. The van der Waals surface area contributed by atoms with Crippen molar-refractivity contribution in [1.29, 1.82) is 0 Å². The van der Waals surface area contributed by atoms with E-state index in [1.165, 1.54) is 10.9 Å². The van der Waals surface area contributed by atoms with Crippen molar-refractivity contribution in [3.8, 4) is 0 Å². The zero-order chi connectivity index (χ0) is 13.1. The number of rotatable bonds is 4. The first kappa shape index (κ1) is 13.2. The Morgan fingerprint density at radius 3 is 2.50 bits per heavy atom. The SMILES string of the molecule is CCCc1nc(N)c2ccc(Cl)cc2c1CCC. The number of pyridine rings is 1. The van der Waals surface area contributed by atoms with Gasteiger partial charge in [0.15, 0.2) is 0 Å². The van der Waals surface area contributed by atoms with Gasteiger partial charge in [0.25, 0.3) is 0 Å². The van der Waals surface area contributed by atoms with Gasteiger partial charge in [0.05, 0.1) is 0 Å². The van der Waals surface area contributed by atoms with Crippen LogP contribution in [0.2, 0.25) is 5.02 Å². The average molecular weight is 263 g/mol. The molecule has 1 aromatic carbocycles. The topological polar surface area (TPSA) is 38.9 Å². The number of nitrogen functional groups attached to an aromatic ring is 1. The van der Waals surface area contributed by atoms with Crippen LogP contribution in [-0.4, -0.2) is 4.98 Å². The molecule has 2 aromatic rings. The third-order valence-electron chi connectivity index (χ3n) is 3.17. The molecule has 0 spiro atoms. The predicted molar refractivity (Wildman–Crippen MR) is 79.2 cm³/mol. The molecule has 0 radical (unpaired) electrons. The molecule has 0 saturated heterocycles. The Balaban J connectivity index is 2.73. The number of nitrogens with two attached hydrogens (primary N) is 1. The number of hydrogen-bond acceptors (Lipinski definition) is 2. The van der Waals surface area contributed by atoms with E-state index in [1.54, 1.807) is 0 Å². The largest absolute Gasteiger partial charge is 0.383 e. The first-order chi connectivity index (χ1) is 8.67. The van der Waals surface area contributed by atoms with Gasteiger partial charge in [0.2, 0.25) is 0 Å². The van der Waals surface area contributed by atoms with Gasteiger partial charge in [-0.25, -0.2) is 4.98 Å². The molecule has 0 aliphatic heterocycles. The second-order valence-electron chi connectivity index (χ2n) is 4.61. The van der Waals surface area contributed by atoms with Gasteiger partial charge in [-0.3, -0.25) is 0 Å². The summed E-state index contributed by atoms with van der Waals surface area (Å²) in [6.07, 6.45) is 4.18. The molecule has 1 aromatic heterocycles. The van der Waals surface area contributed by atoms with Crippen LogP contribution in [0.1, 0.15) is 37.9 Å². The molecule has 0 amide bonds. The lowest BCUT2D eigenvalue weighted by Crippen LogP contribution is -2.03. The number of halogens is 1. The Kier molecular flexibility index (Phi) is 4.07. The highest BCUT2D eigenvalue weighted by molar-refractivity contribution is 6.31. The summed E-state index contributed by atoms with van der Waals surface area (Å²) in [5.74, 6) is 0.616. The molecule has 2 N–H and O–H groups in total. The fourth-order valence-corrected chi connectivity index (χ4v) is 2.56. The number of hydrogen-bond donors (Lipinski definition) is 1. The molecule has 0 aliphatic rings. The summed E-state index contributed by atoms with van der Waals surface area (Å²) in [4.78, 5) is 4.57. The normalized spacial score (nSPS) is 11.1. The molecular weight excluding hydrogens is 244 g/mol. The summed E-state index contributed by atoms with van der Waals surface area (Å²) in [5.41, 5.74) is 8.49. The Morgan fingerprint density at radius 2 is 1.83 bits per heavy atom. The van der Waals surface area contributed by atoms with Gasteiger partial charge in [-0.1, -0.05) is 38.3 Å². The van der Waals surface area contributed by atoms with Crippen LogP contribution in [0.25, 0.3) is 10.8 Å². The maximum Gasteiger partial charge on any atom is 0.131 e. The lowest BCUT2D eigenvalue weighted by atomic mass is 9.98. The van der Waals surface area contributed by atoms with Gasteiger partial charge in [-0.15, -0.1) is 0 Å². The minimum atomic E-state index is 0.616. The van der Waals surface area contributed by atoms with Crippen molar-refractivity contribution in [3.63, 3.8) is 0 Å². The number of fused-ring (bicyclic) bond motifs is 1. The predicted octanol–water partition coefficient (Wildman–Crippen LogP) is 4.38. The van der Waals surface area contributed by atoms with Crippen molar-refractivity contribution in [2.24, 2.45) is 0 Å². The Labute approximate surface area is 113 Å². The molecule has 0 fully saturated rings. The van der Waals surface area contributed by atoms with Crippen LogP contribution < -0.4 is 5.73 Å². The van der Waals surface area contributed by atoms with Crippen molar-refractivity contribution >= 4 is 28.2 Å². The minimum Gasteiger partial charge on any atom is -0.383 e. The molecule has 2 rings (SSSR count). The third kappa shape index (κ3) is 2.44. The van der Waals surface area contributed by atoms with Gasteiger partial charge >= 0.3 is 0 Å². The van der Waals surface area contributed by atoms with Crippen LogP contribution in [0.4, 0.5) is 5.82 Å². The summed E-state index contributed by atoms with van der Waals surface area (Å²) in [5, 5.41) is 2.94. The fourth-order valence-electron chi connectivity index (χ4n) is 2.39. The van der Waals surface area contributed by atoms with Crippen LogP contribution in [0.15, 0.2) is 18.2 Å². The van der Waals surface area contributed by atoms with E-state index in [0.29, 0.717) is 5.82 Å². The molecule has 18 heavy (non-hydrogen) atoms. The second kappa shape index (κ2) is 5.57. The summed E-state index contributed by atoms with van der Waals surface area (Å²) in [6.45, 7) is 4.35. The quantitative estimate of drug-likeness (QED) is 0.888. The molecular formula is C15H19ClN2. The summed E-state index contributed by atoms with van der Waals surface area (Å²) in [7, 11) is 0. The summed E-state index contributed by atoms with van der Waals surface area (Å²) >= 11 is 6.11. The summed E-state index contributed by atoms with van der Waals surface area (Å²) < 4.78 is 0. The van der Waals surface area contributed by atoms with Gasteiger partial charge < -0.3 is 5.73 Å². The molecule has 96 valence electrons. The number of benzene rings is 1. The smallest absolute Gasteiger partial charge is 0.131 e. The molecule has 3 heteroatoms. The molecule has 0 bridgehead atoms. The fraction of sp³-hybridized carbons (Fsp3) is 0.400. The van der Waals surface area contributed by atoms with E-state index in [9.17, 15) is 0 Å².